The van der Waals surface area contributed by atoms with Gasteiger partial charge in [0.1, 0.15) is 0 Å². The van der Waals surface area contributed by atoms with Crippen LogP contribution in [0, 0.1) is 0 Å². The number of nitrogens with zero attached hydrogens (tertiary/aromatic N) is 2. The highest BCUT2D eigenvalue weighted by molar-refractivity contribution is 7.14. The van der Waals surface area contributed by atoms with Crippen LogP contribution in [0.25, 0.3) is 10.9 Å². The molecule has 6 nitrogen and oxygen atoms in total. The summed E-state index contributed by atoms with van der Waals surface area (Å²) in [7, 11) is 0. The molecule has 0 unspecified atom stereocenters. The lowest BCUT2D eigenvalue weighted by Gasteiger charge is -2.12. The van der Waals surface area contributed by atoms with Gasteiger partial charge in [-0.15, -0.1) is 11.3 Å². The minimum absolute atomic E-state index is 0.0867. The van der Waals surface area contributed by atoms with Crippen molar-refractivity contribution in [2.24, 2.45) is 0 Å². The van der Waals surface area contributed by atoms with E-state index in [1.54, 1.807) is 24.4 Å². The van der Waals surface area contributed by atoms with Crippen molar-refractivity contribution >= 4 is 50.8 Å². The van der Waals surface area contributed by atoms with Crippen LogP contribution in [-0.2, 0) is 28.8 Å². The molecule has 1 aliphatic rings. The van der Waals surface area contributed by atoms with Crippen molar-refractivity contribution in [3.05, 3.63) is 51.1 Å². The predicted molar refractivity (Wildman–Crippen MR) is 109 cm³/mol. The summed E-state index contributed by atoms with van der Waals surface area (Å²) in [5.74, 6) is -0.567. The summed E-state index contributed by atoms with van der Waals surface area (Å²) < 4.78 is 4.93. The molecule has 4 rings (SSSR count). The molecular weight excluding hydrogens is 398 g/mol. The number of pyridine rings is 1. The number of rotatable bonds is 5. The average Bonchev–Trinajstić information content (AvgIpc) is 3.28. The molecule has 0 bridgehead atoms. The average molecular weight is 416 g/mol. The highest BCUT2D eigenvalue weighted by Crippen LogP contribution is 2.32. The van der Waals surface area contributed by atoms with E-state index in [2.05, 4.69) is 10.3 Å². The van der Waals surface area contributed by atoms with Gasteiger partial charge in [-0.3, -0.25) is 19.9 Å². The molecule has 0 saturated heterocycles. The van der Waals surface area contributed by atoms with Crippen LogP contribution in [0.4, 0.5) is 5.13 Å². The van der Waals surface area contributed by atoms with Gasteiger partial charge in [-0.1, -0.05) is 11.6 Å². The molecule has 1 aromatic carbocycles. The van der Waals surface area contributed by atoms with Gasteiger partial charge in [-0.2, -0.15) is 0 Å². The van der Waals surface area contributed by atoms with Gasteiger partial charge in [-0.25, -0.2) is 4.98 Å². The summed E-state index contributed by atoms with van der Waals surface area (Å²) >= 11 is 7.45. The summed E-state index contributed by atoms with van der Waals surface area (Å²) in [6.07, 6.45) is 2.76. The Labute approximate surface area is 170 Å². The van der Waals surface area contributed by atoms with Gasteiger partial charge >= 0.3 is 5.97 Å². The zero-order chi connectivity index (χ0) is 19.7. The van der Waals surface area contributed by atoms with Crippen molar-refractivity contribution in [3.63, 3.8) is 0 Å². The van der Waals surface area contributed by atoms with Crippen molar-refractivity contribution in [2.45, 2.75) is 32.6 Å². The molecule has 8 heteroatoms. The number of benzene rings is 1. The Kier molecular flexibility index (Phi) is 5.28. The molecule has 2 heterocycles. The number of carbonyl (C=O) groups excluding carboxylic acids is 2. The number of nitrogens with one attached hydrogen (secondary N) is 1. The Morgan fingerprint density at radius 1 is 1.29 bits per heavy atom. The van der Waals surface area contributed by atoms with Crippen molar-refractivity contribution in [1.29, 1.82) is 0 Å². The first kappa shape index (κ1) is 18.8. The van der Waals surface area contributed by atoms with Crippen molar-refractivity contribution in [2.75, 3.05) is 11.9 Å². The van der Waals surface area contributed by atoms with E-state index >= 15 is 0 Å². The van der Waals surface area contributed by atoms with Crippen LogP contribution < -0.4 is 5.32 Å². The van der Waals surface area contributed by atoms with Gasteiger partial charge in [0.15, 0.2) is 5.13 Å². The minimum Gasteiger partial charge on any atom is -0.466 e. The van der Waals surface area contributed by atoms with Crippen LogP contribution in [0.15, 0.2) is 23.6 Å². The van der Waals surface area contributed by atoms with Crippen LogP contribution in [0.5, 0.6) is 0 Å². The molecule has 144 valence electrons. The zero-order valence-corrected chi connectivity index (χ0v) is 16.8. The number of esters is 1. The second-order valence-corrected chi connectivity index (χ2v) is 7.80. The number of hydrogen-bond acceptors (Lipinski definition) is 6. The number of aromatic nitrogens is 2. The third-order valence-electron chi connectivity index (χ3n) is 4.60. The second-order valence-electron chi connectivity index (χ2n) is 6.51. The largest absolute Gasteiger partial charge is 0.466 e. The Hall–Kier alpha value is -2.51. The number of carbonyl (C=O) groups is 2. The van der Waals surface area contributed by atoms with E-state index in [1.807, 2.05) is 6.07 Å². The van der Waals surface area contributed by atoms with E-state index in [1.165, 1.54) is 11.3 Å². The van der Waals surface area contributed by atoms with Gasteiger partial charge in [0.25, 0.3) is 5.91 Å². The lowest BCUT2D eigenvalue weighted by Crippen LogP contribution is -2.16. The standard InChI is InChI=1S/C20H18ClN3O3S/c1-2-27-17(25)9-12-10-28-20(22-12)24-19(26)18-13-4-3-5-15(13)23-16-7-6-11(21)8-14(16)18/h6-8,10H,2-5,9H2,1H3,(H,22,24,26). The minimum atomic E-state index is -0.335. The van der Waals surface area contributed by atoms with Gasteiger partial charge in [0.2, 0.25) is 0 Å². The lowest BCUT2D eigenvalue weighted by atomic mass is 10.0. The SMILES string of the molecule is CCOC(=O)Cc1csc(NC(=O)c2c3c(nc4ccc(Cl)cc24)CCC3)n1. The molecule has 0 saturated carbocycles. The van der Waals surface area contributed by atoms with Crippen LogP contribution in [0.2, 0.25) is 5.02 Å². The quantitative estimate of drug-likeness (QED) is 0.632. The number of thiazole rings is 1. The molecule has 1 aliphatic carbocycles. The molecule has 3 aromatic rings. The molecule has 28 heavy (non-hydrogen) atoms. The molecule has 0 aliphatic heterocycles. The smallest absolute Gasteiger partial charge is 0.311 e. The summed E-state index contributed by atoms with van der Waals surface area (Å²) in [4.78, 5) is 33.8. The number of aryl methyl sites for hydroxylation is 1. The summed E-state index contributed by atoms with van der Waals surface area (Å²) in [6.45, 7) is 2.09. The lowest BCUT2D eigenvalue weighted by molar-refractivity contribution is -0.142. The maximum Gasteiger partial charge on any atom is 0.311 e. The molecule has 0 fully saturated rings. The molecule has 0 radical (unpaired) electrons. The number of hydrogen-bond donors (Lipinski definition) is 1. The highest BCUT2D eigenvalue weighted by atomic mass is 35.5. The predicted octanol–water partition coefficient (Wildman–Crippen LogP) is 4.19. The van der Waals surface area contributed by atoms with E-state index in [0.717, 1.165) is 41.4 Å². The maximum atomic E-state index is 13.1. The molecule has 0 atom stereocenters. The summed E-state index contributed by atoms with van der Waals surface area (Å²) in [6, 6.07) is 5.40. The number of fused-ring (bicyclic) bond motifs is 2. The van der Waals surface area contributed by atoms with Gasteiger partial charge in [0.05, 0.1) is 29.8 Å². The van der Waals surface area contributed by atoms with Crippen LogP contribution >= 0.6 is 22.9 Å². The fourth-order valence-corrected chi connectivity index (χ4v) is 4.34. The van der Waals surface area contributed by atoms with E-state index in [4.69, 9.17) is 21.3 Å². The Bertz CT molecular complexity index is 1080. The normalized spacial score (nSPS) is 12.8. The van der Waals surface area contributed by atoms with Gasteiger partial charge in [0, 0.05) is 21.5 Å². The molecule has 1 amide bonds. The first-order valence-corrected chi connectivity index (χ1v) is 10.3. The summed E-state index contributed by atoms with van der Waals surface area (Å²) in [5.41, 5.74) is 3.91. The fourth-order valence-electron chi connectivity index (χ4n) is 3.46. The highest BCUT2D eigenvalue weighted by Gasteiger charge is 2.24. The van der Waals surface area contributed by atoms with Crippen LogP contribution in [0.3, 0.4) is 0 Å². The fraction of sp³-hybridized carbons (Fsp3) is 0.300. The number of anilines is 1. The van der Waals surface area contributed by atoms with Crippen LogP contribution in [-0.4, -0.2) is 28.5 Å². The Morgan fingerprint density at radius 3 is 2.96 bits per heavy atom. The number of amides is 1. The van der Waals surface area contributed by atoms with Gasteiger partial charge in [-0.05, 0) is 49.9 Å². The Morgan fingerprint density at radius 2 is 2.14 bits per heavy atom. The molecule has 2 aromatic heterocycles. The summed E-state index contributed by atoms with van der Waals surface area (Å²) in [5, 5.41) is 6.37. The van der Waals surface area contributed by atoms with Gasteiger partial charge < -0.3 is 4.74 Å². The molecular formula is C20H18ClN3O3S. The topological polar surface area (TPSA) is 81.2 Å². The first-order chi connectivity index (χ1) is 13.5. The van der Waals surface area contributed by atoms with E-state index in [-0.39, 0.29) is 18.3 Å². The van der Waals surface area contributed by atoms with E-state index < -0.39 is 0 Å². The van der Waals surface area contributed by atoms with Crippen molar-refractivity contribution in [3.8, 4) is 0 Å². The third kappa shape index (κ3) is 3.72. The molecule has 0 spiro atoms. The van der Waals surface area contributed by atoms with Crippen molar-refractivity contribution in [1.82, 2.24) is 9.97 Å². The monoisotopic (exact) mass is 415 g/mol. The van der Waals surface area contributed by atoms with E-state index in [0.29, 0.717) is 28.0 Å². The Balaban J connectivity index is 1.64. The first-order valence-electron chi connectivity index (χ1n) is 9.07. The third-order valence-corrected chi connectivity index (χ3v) is 5.65. The molecule has 1 N–H and O–H groups in total. The van der Waals surface area contributed by atoms with Crippen LogP contribution in [0.1, 0.15) is 40.7 Å². The number of halogens is 1. The second kappa shape index (κ2) is 7.85. The van der Waals surface area contributed by atoms with Crippen molar-refractivity contribution < 1.29 is 14.3 Å². The van der Waals surface area contributed by atoms with E-state index in [9.17, 15) is 9.59 Å². The zero-order valence-electron chi connectivity index (χ0n) is 15.3. The maximum absolute atomic E-state index is 13.1. The number of ether oxygens (including phenoxy) is 1.